The molecule has 2 aromatic carbocycles. The van der Waals surface area contributed by atoms with Crippen LogP contribution in [0.5, 0.6) is 0 Å². The van der Waals surface area contributed by atoms with E-state index < -0.39 is 17.7 Å². The van der Waals surface area contributed by atoms with Gasteiger partial charge in [0.05, 0.1) is 6.04 Å². The largest absolute Gasteiger partial charge is 0.444 e. The number of likely N-dealkylation sites (N-methyl/N-ethyl adjacent to an activating group) is 1. The van der Waals surface area contributed by atoms with Crippen LogP contribution in [0.3, 0.4) is 0 Å². The maximum atomic E-state index is 13.2. The summed E-state index contributed by atoms with van der Waals surface area (Å²) < 4.78 is 5.36. The number of carbonyl (C=O) groups excluding carboxylic acids is 2. The van der Waals surface area contributed by atoms with E-state index in [0.29, 0.717) is 6.42 Å². The molecule has 0 aliphatic carbocycles. The predicted octanol–water partition coefficient (Wildman–Crippen LogP) is 4.34. The molecule has 0 bridgehead atoms. The smallest absolute Gasteiger partial charge is 0.408 e. The van der Waals surface area contributed by atoms with Gasteiger partial charge in [-0.25, -0.2) is 4.79 Å². The number of nitrogens with zero attached hydrogens (tertiary/aromatic N) is 1. The summed E-state index contributed by atoms with van der Waals surface area (Å²) in [6, 6.07) is 18.6. The van der Waals surface area contributed by atoms with Gasteiger partial charge in [-0.3, -0.25) is 4.79 Å². The third-order valence-electron chi connectivity index (χ3n) is 4.48. The van der Waals surface area contributed by atoms with E-state index in [9.17, 15) is 9.59 Å². The molecular weight excluding hydrogens is 352 g/mol. The highest BCUT2D eigenvalue weighted by molar-refractivity contribution is 5.86. The van der Waals surface area contributed by atoms with Crippen LogP contribution in [0.2, 0.25) is 0 Å². The molecule has 0 aliphatic rings. The van der Waals surface area contributed by atoms with E-state index in [2.05, 4.69) is 5.32 Å². The van der Waals surface area contributed by atoms with Gasteiger partial charge >= 0.3 is 6.09 Å². The molecule has 0 unspecified atom stereocenters. The molecule has 5 heteroatoms. The van der Waals surface area contributed by atoms with E-state index in [1.54, 1.807) is 32.7 Å². The molecule has 1 N–H and O–H groups in total. The summed E-state index contributed by atoms with van der Waals surface area (Å²) in [5, 5.41) is 2.76. The monoisotopic (exact) mass is 382 g/mol. The van der Waals surface area contributed by atoms with Crippen molar-refractivity contribution in [1.29, 1.82) is 0 Å². The fourth-order valence-electron chi connectivity index (χ4n) is 2.89. The maximum Gasteiger partial charge on any atom is 0.408 e. The van der Waals surface area contributed by atoms with Crippen LogP contribution in [0.1, 0.15) is 44.9 Å². The summed E-state index contributed by atoms with van der Waals surface area (Å²) in [5.41, 5.74) is 1.37. The molecule has 150 valence electrons. The topological polar surface area (TPSA) is 58.6 Å². The molecule has 0 radical (unpaired) electrons. The lowest BCUT2D eigenvalue weighted by atomic mass is 10.0. The zero-order valence-electron chi connectivity index (χ0n) is 17.3. The van der Waals surface area contributed by atoms with Crippen LogP contribution in [-0.2, 0) is 16.0 Å². The fourth-order valence-corrected chi connectivity index (χ4v) is 2.89. The van der Waals surface area contributed by atoms with Gasteiger partial charge in [0.25, 0.3) is 0 Å². The summed E-state index contributed by atoms with van der Waals surface area (Å²) in [7, 11) is 1.76. The Morgan fingerprint density at radius 2 is 1.54 bits per heavy atom. The number of hydrogen-bond donors (Lipinski definition) is 1. The minimum atomic E-state index is -0.714. The fraction of sp³-hybridized carbons (Fsp3) is 0.391. The van der Waals surface area contributed by atoms with Crippen LogP contribution in [-0.4, -0.2) is 35.6 Å². The van der Waals surface area contributed by atoms with Crippen molar-refractivity contribution in [2.45, 2.75) is 51.8 Å². The van der Waals surface area contributed by atoms with Crippen molar-refractivity contribution in [2.24, 2.45) is 0 Å². The van der Waals surface area contributed by atoms with Gasteiger partial charge in [-0.05, 0) is 38.8 Å². The van der Waals surface area contributed by atoms with Gasteiger partial charge in [-0.15, -0.1) is 0 Å². The lowest BCUT2D eigenvalue weighted by molar-refractivity contribution is -0.134. The Morgan fingerprint density at radius 3 is 2.07 bits per heavy atom. The highest BCUT2D eigenvalue weighted by atomic mass is 16.6. The van der Waals surface area contributed by atoms with Gasteiger partial charge < -0.3 is 15.0 Å². The summed E-state index contributed by atoms with van der Waals surface area (Å²) in [6.07, 6.45) is -0.201. The van der Waals surface area contributed by atoms with Gasteiger partial charge in [0.2, 0.25) is 5.91 Å². The number of amides is 2. The first-order chi connectivity index (χ1) is 13.2. The Labute approximate surface area is 167 Å². The third-order valence-corrected chi connectivity index (χ3v) is 4.48. The molecule has 0 fully saturated rings. The maximum absolute atomic E-state index is 13.2. The first kappa shape index (κ1) is 21.5. The Morgan fingerprint density at radius 1 is 1.00 bits per heavy atom. The predicted molar refractivity (Wildman–Crippen MR) is 111 cm³/mol. The highest BCUT2D eigenvalue weighted by Gasteiger charge is 2.29. The number of ether oxygens (including phenoxy) is 1. The molecule has 2 atom stereocenters. The molecule has 0 saturated heterocycles. The average molecular weight is 383 g/mol. The van der Waals surface area contributed by atoms with Crippen LogP contribution >= 0.6 is 0 Å². The SMILES string of the molecule is C[C@@H](c1ccccc1)N(C)C(=O)[C@H](Cc1ccccc1)NC(=O)OC(C)(C)C. The number of carbonyl (C=O) groups is 2. The summed E-state index contributed by atoms with van der Waals surface area (Å²) in [4.78, 5) is 27.2. The number of hydrogen-bond acceptors (Lipinski definition) is 3. The third kappa shape index (κ3) is 6.41. The Kier molecular flexibility index (Phi) is 7.21. The van der Waals surface area contributed by atoms with Gasteiger partial charge in [0.1, 0.15) is 11.6 Å². The van der Waals surface area contributed by atoms with Crippen molar-refractivity contribution < 1.29 is 14.3 Å². The van der Waals surface area contributed by atoms with Crippen molar-refractivity contribution in [3.63, 3.8) is 0 Å². The van der Waals surface area contributed by atoms with Crippen molar-refractivity contribution >= 4 is 12.0 Å². The summed E-state index contributed by atoms with van der Waals surface area (Å²) in [5.74, 6) is -0.161. The first-order valence-electron chi connectivity index (χ1n) is 9.52. The van der Waals surface area contributed by atoms with E-state index in [4.69, 9.17) is 4.74 Å². The number of alkyl carbamates (subject to hydrolysis) is 1. The van der Waals surface area contributed by atoms with E-state index >= 15 is 0 Å². The number of nitrogens with one attached hydrogen (secondary N) is 1. The van der Waals surface area contributed by atoms with Crippen LogP contribution in [0.15, 0.2) is 60.7 Å². The van der Waals surface area contributed by atoms with Gasteiger partial charge in [-0.2, -0.15) is 0 Å². The van der Waals surface area contributed by atoms with E-state index in [-0.39, 0.29) is 11.9 Å². The van der Waals surface area contributed by atoms with Crippen LogP contribution < -0.4 is 5.32 Å². The second-order valence-electron chi connectivity index (χ2n) is 7.92. The molecule has 28 heavy (non-hydrogen) atoms. The Hall–Kier alpha value is -2.82. The molecule has 2 amide bonds. The quantitative estimate of drug-likeness (QED) is 0.808. The van der Waals surface area contributed by atoms with Crippen LogP contribution in [0.4, 0.5) is 4.79 Å². The molecule has 2 aromatic rings. The zero-order chi connectivity index (χ0) is 20.7. The van der Waals surface area contributed by atoms with Crippen molar-refractivity contribution in [3.05, 3.63) is 71.8 Å². The second kappa shape index (κ2) is 9.40. The molecular formula is C23H30N2O3. The Balaban J connectivity index is 2.18. The molecule has 0 spiro atoms. The van der Waals surface area contributed by atoms with Gasteiger partial charge in [0, 0.05) is 13.5 Å². The molecule has 0 aromatic heterocycles. The van der Waals surface area contributed by atoms with Gasteiger partial charge in [0.15, 0.2) is 0 Å². The first-order valence-corrected chi connectivity index (χ1v) is 9.52. The number of rotatable bonds is 6. The minimum Gasteiger partial charge on any atom is -0.444 e. The standard InChI is InChI=1S/C23H30N2O3/c1-17(19-14-10-7-11-15-19)25(5)21(26)20(16-18-12-8-6-9-13-18)24-22(27)28-23(2,3)4/h6-15,17,20H,16H2,1-5H3,(H,24,27)/t17-,20-/m0/s1. The minimum absolute atomic E-state index is 0.118. The molecule has 0 saturated carbocycles. The van der Waals surface area contributed by atoms with Crippen LogP contribution in [0, 0.1) is 0 Å². The zero-order valence-corrected chi connectivity index (χ0v) is 17.3. The van der Waals surface area contributed by atoms with Gasteiger partial charge in [-0.1, -0.05) is 60.7 Å². The molecule has 2 rings (SSSR count). The summed E-state index contributed by atoms with van der Waals surface area (Å²) in [6.45, 7) is 7.36. The van der Waals surface area contributed by atoms with E-state index in [0.717, 1.165) is 11.1 Å². The second-order valence-corrected chi connectivity index (χ2v) is 7.92. The van der Waals surface area contributed by atoms with E-state index in [1.165, 1.54) is 0 Å². The normalized spacial score (nSPS) is 13.3. The van der Waals surface area contributed by atoms with Crippen LogP contribution in [0.25, 0.3) is 0 Å². The average Bonchev–Trinajstić information content (AvgIpc) is 2.65. The van der Waals surface area contributed by atoms with E-state index in [1.807, 2.05) is 67.6 Å². The summed E-state index contributed by atoms with van der Waals surface area (Å²) >= 11 is 0. The number of benzene rings is 2. The molecule has 5 nitrogen and oxygen atoms in total. The molecule has 0 aliphatic heterocycles. The van der Waals surface area contributed by atoms with Crippen molar-refractivity contribution in [1.82, 2.24) is 10.2 Å². The Bertz CT molecular complexity index is 769. The van der Waals surface area contributed by atoms with Crippen molar-refractivity contribution in [3.8, 4) is 0 Å². The lowest BCUT2D eigenvalue weighted by Crippen LogP contribution is -2.50. The van der Waals surface area contributed by atoms with Crippen molar-refractivity contribution in [2.75, 3.05) is 7.05 Å². The molecule has 0 heterocycles. The lowest BCUT2D eigenvalue weighted by Gasteiger charge is -2.30. The highest BCUT2D eigenvalue weighted by Crippen LogP contribution is 2.20.